The first-order valence-electron chi connectivity index (χ1n) is 9.09. The molecule has 29 heavy (non-hydrogen) atoms. The van der Waals surface area contributed by atoms with E-state index >= 15 is 0 Å². The molecule has 0 radical (unpaired) electrons. The molecule has 2 saturated heterocycles. The Kier molecular flexibility index (Phi) is 3.76. The number of benzene rings is 1. The smallest absolute Gasteiger partial charge is 0.337 e. The van der Waals surface area contributed by atoms with Gasteiger partial charge in [0.2, 0.25) is 6.29 Å². The lowest BCUT2D eigenvalue weighted by molar-refractivity contribution is -0.152. The molecule has 150 valence electrons. The minimum Gasteiger partial charge on any atom is -0.504 e. The number of ether oxygens (including phenoxy) is 5. The van der Waals surface area contributed by atoms with E-state index in [2.05, 4.69) is 0 Å². The van der Waals surface area contributed by atoms with Gasteiger partial charge < -0.3 is 28.8 Å². The van der Waals surface area contributed by atoms with Gasteiger partial charge in [0.15, 0.2) is 17.1 Å². The number of esters is 2. The van der Waals surface area contributed by atoms with Crippen molar-refractivity contribution in [3.05, 3.63) is 53.3 Å². The molecule has 0 unspecified atom stereocenters. The Hall–Kier alpha value is -3.26. The fraction of sp³-hybridized carbons (Fsp3) is 0.333. The Morgan fingerprint density at radius 2 is 2.14 bits per heavy atom. The maximum absolute atomic E-state index is 12.7. The Morgan fingerprint density at radius 1 is 1.31 bits per heavy atom. The van der Waals surface area contributed by atoms with Crippen molar-refractivity contribution in [3.8, 4) is 11.5 Å². The highest BCUT2D eigenvalue weighted by molar-refractivity contribution is 5.99. The summed E-state index contributed by atoms with van der Waals surface area (Å²) in [7, 11) is 2.75. The predicted octanol–water partition coefficient (Wildman–Crippen LogP) is 1.69. The van der Waals surface area contributed by atoms with Crippen LogP contribution in [0, 0.1) is 11.8 Å². The molecule has 0 aromatic heterocycles. The van der Waals surface area contributed by atoms with Gasteiger partial charge in [-0.3, -0.25) is 0 Å². The number of phenolic OH excluding ortho intramolecular Hbond substituents is 1. The fourth-order valence-corrected chi connectivity index (χ4v) is 4.57. The Balaban J connectivity index is 1.52. The number of carbonyl (C=O) groups excluding carboxylic acids is 2. The van der Waals surface area contributed by atoms with Gasteiger partial charge >= 0.3 is 11.9 Å². The van der Waals surface area contributed by atoms with Gasteiger partial charge in [-0.2, -0.15) is 0 Å². The quantitative estimate of drug-likeness (QED) is 0.467. The normalized spacial score (nSPS) is 34.9. The standard InChI is InChI=1S/C21H18O8/c1-25-15-8-10(3-4-14(15)22)7-12-17-21(29-19(12)24)6-5-11-13(18(23)26-2)9-27-20(28-17)16(11)21/h3-9,11,16-17,20,22H,1-2H3/b12-7+/t11-,16-,17+,20-,21+/m1/s1. The monoisotopic (exact) mass is 398 g/mol. The summed E-state index contributed by atoms with van der Waals surface area (Å²) in [5.74, 6) is -1.41. The summed E-state index contributed by atoms with van der Waals surface area (Å²) >= 11 is 0. The van der Waals surface area contributed by atoms with E-state index in [0.717, 1.165) is 0 Å². The molecule has 0 saturated carbocycles. The number of methoxy groups -OCH3 is 2. The summed E-state index contributed by atoms with van der Waals surface area (Å²) in [6, 6.07) is 4.76. The molecule has 5 atom stereocenters. The molecule has 1 N–H and O–H groups in total. The molecular formula is C21H18O8. The third kappa shape index (κ3) is 2.35. The van der Waals surface area contributed by atoms with Crippen LogP contribution in [0.2, 0.25) is 0 Å². The molecule has 3 heterocycles. The van der Waals surface area contributed by atoms with Gasteiger partial charge in [0.25, 0.3) is 0 Å². The van der Waals surface area contributed by atoms with Gasteiger partial charge in [-0.15, -0.1) is 0 Å². The second-order valence-corrected chi connectivity index (χ2v) is 7.27. The van der Waals surface area contributed by atoms with Crippen LogP contribution in [-0.4, -0.2) is 49.3 Å². The first-order valence-corrected chi connectivity index (χ1v) is 9.09. The van der Waals surface area contributed by atoms with Gasteiger partial charge in [0.05, 0.1) is 37.5 Å². The molecular weight excluding hydrogens is 380 g/mol. The zero-order chi connectivity index (χ0) is 20.3. The third-order valence-electron chi connectivity index (χ3n) is 5.87. The number of aromatic hydroxyl groups is 1. The highest BCUT2D eigenvalue weighted by atomic mass is 16.7. The zero-order valence-electron chi connectivity index (χ0n) is 15.7. The van der Waals surface area contributed by atoms with Gasteiger partial charge in [0, 0.05) is 5.92 Å². The average Bonchev–Trinajstić information content (AvgIpc) is 3.33. The Labute approximate surface area is 165 Å². The Bertz CT molecular complexity index is 1010. The molecule has 8 nitrogen and oxygen atoms in total. The van der Waals surface area contributed by atoms with E-state index in [1.807, 2.05) is 6.08 Å². The van der Waals surface area contributed by atoms with Crippen molar-refractivity contribution in [3.63, 3.8) is 0 Å². The van der Waals surface area contributed by atoms with Crippen molar-refractivity contribution < 1.29 is 38.4 Å². The van der Waals surface area contributed by atoms with E-state index in [9.17, 15) is 14.7 Å². The zero-order valence-corrected chi connectivity index (χ0v) is 15.7. The van der Waals surface area contributed by atoms with Crippen molar-refractivity contribution in [2.75, 3.05) is 14.2 Å². The molecule has 3 aliphatic heterocycles. The Morgan fingerprint density at radius 3 is 2.90 bits per heavy atom. The number of rotatable bonds is 3. The lowest BCUT2D eigenvalue weighted by atomic mass is 9.78. The van der Waals surface area contributed by atoms with Crippen molar-refractivity contribution >= 4 is 18.0 Å². The first kappa shape index (κ1) is 17.8. The van der Waals surface area contributed by atoms with Crippen LogP contribution in [0.4, 0.5) is 0 Å². The molecule has 0 amide bonds. The van der Waals surface area contributed by atoms with E-state index in [-0.39, 0.29) is 23.3 Å². The maximum Gasteiger partial charge on any atom is 0.337 e. The lowest BCUT2D eigenvalue weighted by Gasteiger charge is -2.32. The van der Waals surface area contributed by atoms with E-state index in [1.165, 1.54) is 26.5 Å². The minimum atomic E-state index is -1.03. The van der Waals surface area contributed by atoms with E-state index in [1.54, 1.807) is 24.3 Å². The second-order valence-electron chi connectivity index (χ2n) is 7.27. The number of phenols is 1. The summed E-state index contributed by atoms with van der Waals surface area (Å²) in [6.45, 7) is 0. The van der Waals surface area contributed by atoms with Gasteiger partial charge in [0.1, 0.15) is 6.10 Å². The van der Waals surface area contributed by atoms with Gasteiger partial charge in [-0.05, 0) is 29.8 Å². The predicted molar refractivity (Wildman–Crippen MR) is 97.4 cm³/mol. The molecule has 8 heteroatoms. The first-order chi connectivity index (χ1) is 14.0. The topological polar surface area (TPSA) is 101 Å². The highest BCUT2D eigenvalue weighted by Crippen LogP contribution is 2.58. The van der Waals surface area contributed by atoms with Crippen LogP contribution in [0.1, 0.15) is 5.56 Å². The van der Waals surface area contributed by atoms with Crippen molar-refractivity contribution in [1.29, 1.82) is 0 Å². The lowest BCUT2D eigenvalue weighted by Crippen LogP contribution is -2.43. The molecule has 1 aliphatic carbocycles. The summed E-state index contributed by atoms with van der Waals surface area (Å²) in [6.07, 6.45) is 5.30. The van der Waals surface area contributed by atoms with E-state index in [0.29, 0.717) is 16.7 Å². The van der Waals surface area contributed by atoms with E-state index in [4.69, 9.17) is 23.7 Å². The van der Waals surface area contributed by atoms with Crippen molar-refractivity contribution in [1.82, 2.24) is 0 Å². The van der Waals surface area contributed by atoms with Gasteiger partial charge in [-0.1, -0.05) is 12.1 Å². The van der Waals surface area contributed by atoms with Crippen LogP contribution in [0.3, 0.4) is 0 Å². The minimum absolute atomic E-state index is 0.000336. The molecule has 4 aliphatic rings. The molecule has 2 fully saturated rings. The number of hydrogen-bond acceptors (Lipinski definition) is 8. The van der Waals surface area contributed by atoms with Crippen LogP contribution in [0.25, 0.3) is 6.08 Å². The molecule has 0 bridgehead atoms. The maximum atomic E-state index is 12.7. The van der Waals surface area contributed by atoms with Crippen LogP contribution in [-0.2, 0) is 28.5 Å². The summed E-state index contributed by atoms with van der Waals surface area (Å²) in [4.78, 5) is 24.8. The van der Waals surface area contributed by atoms with Crippen molar-refractivity contribution in [2.24, 2.45) is 11.8 Å². The third-order valence-corrected chi connectivity index (χ3v) is 5.87. The summed E-state index contributed by atoms with van der Waals surface area (Å²) < 4.78 is 27.4. The van der Waals surface area contributed by atoms with Crippen LogP contribution < -0.4 is 4.74 Å². The van der Waals surface area contributed by atoms with Crippen molar-refractivity contribution in [2.45, 2.75) is 18.0 Å². The molecule has 1 aromatic rings. The van der Waals surface area contributed by atoms with Crippen LogP contribution >= 0.6 is 0 Å². The molecule has 1 aromatic carbocycles. The fourth-order valence-electron chi connectivity index (χ4n) is 4.57. The number of allylic oxidation sites excluding steroid dienone is 1. The SMILES string of the molecule is COC(=O)C1=CO[C@@H]2O[C@H]3/C(=C\c4ccc(O)c(OC)c4)C(=O)O[C@]34C=C[C@H]1[C@H]24. The number of hydrogen-bond donors (Lipinski definition) is 1. The molecule has 5 rings (SSSR count). The average molecular weight is 398 g/mol. The van der Waals surface area contributed by atoms with Crippen LogP contribution in [0.15, 0.2) is 47.8 Å². The summed E-state index contributed by atoms with van der Waals surface area (Å²) in [5.41, 5.74) is 0.311. The van der Waals surface area contributed by atoms with E-state index < -0.39 is 29.9 Å². The molecule has 1 spiro atoms. The largest absolute Gasteiger partial charge is 0.504 e. The van der Waals surface area contributed by atoms with Crippen LogP contribution in [0.5, 0.6) is 11.5 Å². The second kappa shape index (κ2) is 6.12. The summed E-state index contributed by atoms with van der Waals surface area (Å²) in [5, 5.41) is 9.78. The highest BCUT2D eigenvalue weighted by Gasteiger charge is 2.70. The van der Waals surface area contributed by atoms with Gasteiger partial charge in [-0.25, -0.2) is 9.59 Å². The number of carbonyl (C=O) groups is 2.